The van der Waals surface area contributed by atoms with Crippen LogP contribution in [-0.4, -0.2) is 84.7 Å². The minimum atomic E-state index is -0.687. The predicted octanol–water partition coefficient (Wildman–Crippen LogP) is 0.237. The van der Waals surface area contributed by atoms with Crippen molar-refractivity contribution in [1.82, 2.24) is 14.7 Å². The van der Waals surface area contributed by atoms with Gasteiger partial charge in [0.05, 0.1) is 25.0 Å². The molecule has 18 heavy (non-hydrogen) atoms. The maximum atomic E-state index is 9.75. The molecule has 3 atom stereocenters. The van der Waals surface area contributed by atoms with Gasteiger partial charge >= 0.3 is 0 Å². The molecule has 110 valence electrons. The van der Waals surface area contributed by atoms with Crippen molar-refractivity contribution in [1.29, 1.82) is 0 Å². The van der Waals surface area contributed by atoms with E-state index in [-0.39, 0.29) is 18.9 Å². The van der Waals surface area contributed by atoms with Gasteiger partial charge in [0.2, 0.25) is 0 Å². The second kappa shape index (κ2) is 8.82. The Bertz CT molecular complexity index is 196. The molecule has 0 aromatic carbocycles. The van der Waals surface area contributed by atoms with E-state index in [4.69, 9.17) is 5.11 Å². The van der Waals surface area contributed by atoms with Gasteiger partial charge < -0.3 is 10.2 Å². The lowest BCUT2D eigenvalue weighted by atomic mass is 10.2. The topological polar surface area (TPSA) is 50.2 Å². The number of hydrogen-bond acceptors (Lipinski definition) is 5. The fourth-order valence-electron chi connectivity index (χ4n) is 2.54. The van der Waals surface area contributed by atoms with E-state index < -0.39 is 6.10 Å². The maximum Gasteiger partial charge on any atom is 0.0898 e. The molecule has 0 saturated heterocycles. The van der Waals surface area contributed by atoms with Crippen molar-refractivity contribution in [2.75, 3.05) is 41.3 Å². The summed E-state index contributed by atoms with van der Waals surface area (Å²) in [7, 11) is 8.20. The predicted molar refractivity (Wildman–Crippen MR) is 75.3 cm³/mol. The minimum absolute atomic E-state index is 0.190. The van der Waals surface area contributed by atoms with E-state index in [0.29, 0.717) is 6.54 Å². The highest BCUT2D eigenvalue weighted by atomic mass is 16.3. The van der Waals surface area contributed by atoms with Gasteiger partial charge in [-0.3, -0.25) is 14.7 Å². The molecule has 0 heterocycles. The van der Waals surface area contributed by atoms with Crippen LogP contribution < -0.4 is 0 Å². The largest absolute Gasteiger partial charge is 0.394 e. The zero-order valence-corrected chi connectivity index (χ0v) is 12.8. The fourth-order valence-corrected chi connectivity index (χ4v) is 2.54. The molecule has 0 rings (SSSR count). The van der Waals surface area contributed by atoms with Gasteiger partial charge in [0.25, 0.3) is 0 Å². The maximum absolute atomic E-state index is 9.75. The Kier molecular flexibility index (Phi) is 8.73. The molecule has 0 bridgehead atoms. The van der Waals surface area contributed by atoms with E-state index in [1.54, 1.807) is 0 Å². The molecule has 0 aliphatic heterocycles. The highest BCUT2D eigenvalue weighted by molar-refractivity contribution is 4.77. The fraction of sp³-hybridized carbons (Fsp3) is 1.00. The number of aliphatic hydroxyl groups excluding tert-OH is 2. The Balaban J connectivity index is 4.99. The average molecular weight is 261 g/mol. The van der Waals surface area contributed by atoms with Gasteiger partial charge in [-0.05, 0) is 41.0 Å². The zero-order chi connectivity index (χ0) is 14.3. The van der Waals surface area contributed by atoms with Crippen molar-refractivity contribution in [3.8, 4) is 0 Å². The first-order chi connectivity index (χ1) is 8.38. The summed E-state index contributed by atoms with van der Waals surface area (Å²) in [5.41, 5.74) is 0. The molecule has 0 saturated carbocycles. The Morgan fingerprint density at radius 2 is 1.28 bits per heavy atom. The van der Waals surface area contributed by atoms with Gasteiger partial charge in [0, 0.05) is 6.54 Å². The first-order valence-corrected chi connectivity index (χ1v) is 6.76. The molecule has 0 spiro atoms. The lowest BCUT2D eigenvalue weighted by molar-refractivity contribution is -0.0533. The molecule has 0 radical (unpaired) electrons. The van der Waals surface area contributed by atoms with E-state index in [1.807, 2.05) is 0 Å². The summed E-state index contributed by atoms with van der Waals surface area (Å²) in [6.45, 7) is 4.59. The van der Waals surface area contributed by atoms with Crippen LogP contribution in [0.25, 0.3) is 0 Å². The molecule has 0 aliphatic rings. The molecule has 0 aliphatic carbocycles. The molecule has 5 heteroatoms. The van der Waals surface area contributed by atoms with Crippen molar-refractivity contribution in [2.24, 2.45) is 0 Å². The standard InChI is InChI=1S/C13H31N3O2/c1-7-12(14(3)4)16(9-11(18)10-17)13(8-2)15(5)6/h11-13,17-18H,7-10H2,1-6H3. The summed E-state index contributed by atoms with van der Waals surface area (Å²) < 4.78 is 0. The van der Waals surface area contributed by atoms with E-state index in [0.717, 1.165) is 12.8 Å². The molecule has 0 aromatic rings. The summed E-state index contributed by atoms with van der Waals surface area (Å²) in [5, 5.41) is 18.8. The number of nitrogens with zero attached hydrogens (tertiary/aromatic N) is 3. The summed E-state index contributed by atoms with van der Waals surface area (Å²) in [4.78, 5) is 6.59. The van der Waals surface area contributed by atoms with E-state index in [9.17, 15) is 5.11 Å². The number of hydrogen-bond donors (Lipinski definition) is 2. The molecule has 0 fully saturated rings. The monoisotopic (exact) mass is 261 g/mol. The number of aliphatic hydroxyl groups is 2. The van der Waals surface area contributed by atoms with E-state index >= 15 is 0 Å². The zero-order valence-electron chi connectivity index (χ0n) is 12.8. The van der Waals surface area contributed by atoms with Crippen LogP contribution in [0, 0.1) is 0 Å². The average Bonchev–Trinajstić information content (AvgIpc) is 2.29. The van der Waals surface area contributed by atoms with Crippen molar-refractivity contribution in [3.63, 3.8) is 0 Å². The van der Waals surface area contributed by atoms with Crippen molar-refractivity contribution < 1.29 is 10.2 Å². The van der Waals surface area contributed by atoms with Gasteiger partial charge in [0.1, 0.15) is 0 Å². The summed E-state index contributed by atoms with van der Waals surface area (Å²) >= 11 is 0. The Hall–Kier alpha value is -0.200. The van der Waals surface area contributed by atoms with Gasteiger partial charge in [-0.15, -0.1) is 0 Å². The third-order valence-electron chi connectivity index (χ3n) is 3.32. The smallest absolute Gasteiger partial charge is 0.0898 e. The Labute approximate surface area is 112 Å². The van der Waals surface area contributed by atoms with E-state index in [2.05, 4.69) is 56.7 Å². The first kappa shape index (κ1) is 17.8. The minimum Gasteiger partial charge on any atom is -0.394 e. The van der Waals surface area contributed by atoms with Crippen LogP contribution in [0.3, 0.4) is 0 Å². The Morgan fingerprint density at radius 1 is 0.889 bits per heavy atom. The summed E-state index contributed by atoms with van der Waals surface area (Å²) in [5.74, 6) is 0. The molecule has 0 aromatic heterocycles. The molecule has 5 nitrogen and oxygen atoms in total. The van der Waals surface area contributed by atoms with Crippen LogP contribution in [0.4, 0.5) is 0 Å². The highest BCUT2D eigenvalue weighted by Gasteiger charge is 2.28. The second-order valence-electron chi connectivity index (χ2n) is 5.24. The van der Waals surface area contributed by atoms with Gasteiger partial charge in [-0.25, -0.2) is 0 Å². The Morgan fingerprint density at radius 3 is 1.50 bits per heavy atom. The summed E-state index contributed by atoms with van der Waals surface area (Å²) in [6, 6.07) is 0. The van der Waals surface area contributed by atoms with Crippen molar-refractivity contribution >= 4 is 0 Å². The lowest BCUT2D eigenvalue weighted by Gasteiger charge is -2.43. The molecular weight excluding hydrogens is 230 g/mol. The van der Waals surface area contributed by atoms with Crippen LogP contribution in [0.15, 0.2) is 0 Å². The van der Waals surface area contributed by atoms with Crippen LogP contribution >= 0.6 is 0 Å². The highest BCUT2D eigenvalue weighted by Crippen LogP contribution is 2.16. The van der Waals surface area contributed by atoms with Crippen LogP contribution in [0.2, 0.25) is 0 Å². The first-order valence-electron chi connectivity index (χ1n) is 6.76. The van der Waals surface area contributed by atoms with Gasteiger partial charge in [0.15, 0.2) is 0 Å². The van der Waals surface area contributed by atoms with Gasteiger partial charge in [-0.2, -0.15) is 0 Å². The normalized spacial score (nSPS) is 17.5. The molecule has 0 amide bonds. The molecule has 2 N–H and O–H groups in total. The van der Waals surface area contributed by atoms with Crippen molar-refractivity contribution in [3.05, 3.63) is 0 Å². The van der Waals surface area contributed by atoms with Crippen LogP contribution in [0.5, 0.6) is 0 Å². The molecular formula is C13H31N3O2. The van der Waals surface area contributed by atoms with E-state index in [1.165, 1.54) is 0 Å². The lowest BCUT2D eigenvalue weighted by Crippen LogP contribution is -2.56. The third kappa shape index (κ3) is 5.20. The molecule has 3 unspecified atom stereocenters. The second-order valence-corrected chi connectivity index (χ2v) is 5.24. The van der Waals surface area contributed by atoms with Crippen LogP contribution in [-0.2, 0) is 0 Å². The third-order valence-corrected chi connectivity index (χ3v) is 3.32. The summed E-state index contributed by atoms with van der Waals surface area (Å²) in [6.07, 6.45) is 1.80. The van der Waals surface area contributed by atoms with Crippen LogP contribution in [0.1, 0.15) is 26.7 Å². The quantitative estimate of drug-likeness (QED) is 0.582. The van der Waals surface area contributed by atoms with Gasteiger partial charge in [-0.1, -0.05) is 13.8 Å². The number of rotatable bonds is 9. The van der Waals surface area contributed by atoms with Crippen molar-refractivity contribution in [2.45, 2.75) is 45.1 Å². The SMILES string of the molecule is CCC(N(C)C)N(CC(O)CO)C(CC)N(C)C.